The lowest BCUT2D eigenvalue weighted by molar-refractivity contribution is -0.137. The quantitative estimate of drug-likeness (QED) is 0.927. The monoisotopic (exact) mass is 296 g/mol. The average molecular weight is 298 g/mol. The van der Waals surface area contributed by atoms with E-state index in [4.69, 9.17) is 5.11 Å². The first kappa shape index (κ1) is 9.73. The van der Waals surface area contributed by atoms with Gasteiger partial charge in [-0.3, -0.25) is 9.48 Å². The molecule has 0 saturated carbocycles. The molecule has 0 atom stereocenters. The predicted molar refractivity (Wildman–Crippen MR) is 49.9 cm³/mol. The molecule has 0 amide bonds. The number of halogens is 2. The Morgan fingerprint density at radius 3 is 2.75 bits per heavy atom. The fraction of sp³-hybridized carbons (Fsp3) is 0.333. The van der Waals surface area contributed by atoms with Crippen LogP contribution in [0.3, 0.4) is 0 Å². The highest BCUT2D eigenvalue weighted by Gasteiger charge is 2.03. The zero-order chi connectivity index (χ0) is 9.14. The van der Waals surface area contributed by atoms with Crippen LogP contribution >= 0.6 is 31.9 Å². The fourth-order valence-electron chi connectivity index (χ4n) is 0.698. The molecule has 1 aromatic heterocycles. The number of aromatic nitrogens is 2. The average Bonchev–Trinajstić information content (AvgIpc) is 2.28. The smallest absolute Gasteiger partial charge is 0.305 e. The van der Waals surface area contributed by atoms with Crippen LogP contribution in [0.2, 0.25) is 0 Å². The second-order valence-corrected chi connectivity index (χ2v) is 3.78. The van der Waals surface area contributed by atoms with Crippen molar-refractivity contribution < 1.29 is 9.90 Å². The molecule has 0 aliphatic heterocycles. The molecule has 0 aliphatic carbocycles. The Labute approximate surface area is 85.8 Å². The molecular weight excluding hydrogens is 292 g/mol. The molecule has 6 heteroatoms. The van der Waals surface area contributed by atoms with E-state index in [1.165, 1.54) is 0 Å². The Hall–Kier alpha value is -0.360. The molecule has 0 saturated heterocycles. The number of aryl methyl sites for hydroxylation is 1. The number of carbonyl (C=O) groups is 1. The topological polar surface area (TPSA) is 55.1 Å². The molecule has 66 valence electrons. The summed E-state index contributed by atoms with van der Waals surface area (Å²) in [4.78, 5) is 10.2. The molecule has 0 radical (unpaired) electrons. The fourth-order valence-corrected chi connectivity index (χ4v) is 1.32. The van der Waals surface area contributed by atoms with Crippen LogP contribution in [-0.4, -0.2) is 20.9 Å². The van der Waals surface area contributed by atoms with E-state index >= 15 is 0 Å². The van der Waals surface area contributed by atoms with Gasteiger partial charge in [0.05, 0.1) is 17.4 Å². The zero-order valence-corrected chi connectivity index (χ0v) is 9.17. The molecule has 12 heavy (non-hydrogen) atoms. The van der Waals surface area contributed by atoms with Crippen molar-refractivity contribution in [1.29, 1.82) is 0 Å². The lowest BCUT2D eigenvalue weighted by atomic mass is 10.4. The molecule has 0 aliphatic rings. The molecule has 0 fully saturated rings. The number of aliphatic carboxylic acids is 1. The van der Waals surface area contributed by atoms with E-state index in [0.29, 0.717) is 11.1 Å². The molecule has 1 N–H and O–H groups in total. The number of carboxylic acids is 1. The highest BCUT2D eigenvalue weighted by atomic mass is 79.9. The number of rotatable bonds is 3. The van der Waals surface area contributed by atoms with Crippen molar-refractivity contribution in [2.24, 2.45) is 0 Å². The maximum Gasteiger partial charge on any atom is 0.305 e. The van der Waals surface area contributed by atoms with Crippen molar-refractivity contribution in [1.82, 2.24) is 9.78 Å². The van der Waals surface area contributed by atoms with E-state index in [1.54, 1.807) is 10.9 Å². The molecule has 4 nitrogen and oxygen atoms in total. The summed E-state index contributed by atoms with van der Waals surface area (Å²) >= 11 is 6.44. The summed E-state index contributed by atoms with van der Waals surface area (Å²) in [5.74, 6) is -0.822. The van der Waals surface area contributed by atoms with Crippen molar-refractivity contribution in [3.63, 3.8) is 0 Å². The Bertz CT molecular complexity index is 278. The van der Waals surface area contributed by atoms with Gasteiger partial charge in [-0.15, -0.1) is 0 Å². The van der Waals surface area contributed by atoms with Gasteiger partial charge in [0.25, 0.3) is 0 Å². The van der Waals surface area contributed by atoms with E-state index < -0.39 is 5.97 Å². The summed E-state index contributed by atoms with van der Waals surface area (Å²) in [6, 6.07) is 0. The van der Waals surface area contributed by atoms with Gasteiger partial charge >= 0.3 is 5.97 Å². The number of hydrogen-bond donors (Lipinski definition) is 1. The minimum absolute atomic E-state index is 0.0839. The SMILES string of the molecule is O=C(O)CCn1cc(Br)c(Br)n1. The van der Waals surface area contributed by atoms with Gasteiger partial charge < -0.3 is 5.11 Å². The van der Waals surface area contributed by atoms with Crippen LogP contribution in [0.25, 0.3) is 0 Å². The third kappa shape index (κ3) is 2.60. The van der Waals surface area contributed by atoms with Gasteiger partial charge in [-0.1, -0.05) is 0 Å². The molecule has 0 unspecified atom stereocenters. The number of carboxylic acid groups (broad SMARTS) is 1. The van der Waals surface area contributed by atoms with E-state index in [-0.39, 0.29) is 6.42 Å². The molecule has 0 spiro atoms. The Balaban J connectivity index is 2.58. The van der Waals surface area contributed by atoms with Gasteiger partial charge in [0.15, 0.2) is 0 Å². The summed E-state index contributed by atoms with van der Waals surface area (Å²) in [6.45, 7) is 0.388. The standard InChI is InChI=1S/C6H6Br2N2O2/c7-4-3-10(9-6(4)8)2-1-5(11)12/h3H,1-2H2,(H,11,12). The summed E-state index contributed by atoms with van der Waals surface area (Å²) in [7, 11) is 0. The third-order valence-electron chi connectivity index (χ3n) is 1.23. The van der Waals surface area contributed by atoms with Crippen LogP contribution in [0.1, 0.15) is 6.42 Å². The van der Waals surface area contributed by atoms with Gasteiger partial charge in [0, 0.05) is 6.20 Å². The second-order valence-electron chi connectivity index (χ2n) is 2.17. The summed E-state index contributed by atoms with van der Waals surface area (Å²) in [6.07, 6.45) is 1.81. The lowest BCUT2D eigenvalue weighted by Gasteiger charge is -1.95. The van der Waals surface area contributed by atoms with E-state index in [9.17, 15) is 4.79 Å². The van der Waals surface area contributed by atoms with E-state index in [1.807, 2.05) is 0 Å². The van der Waals surface area contributed by atoms with Gasteiger partial charge in [-0.05, 0) is 31.9 Å². The predicted octanol–water partition coefficient (Wildman–Crippen LogP) is 1.88. The van der Waals surface area contributed by atoms with Crippen molar-refractivity contribution in [2.75, 3.05) is 0 Å². The molecule has 1 aromatic rings. The Morgan fingerprint density at radius 1 is 1.67 bits per heavy atom. The van der Waals surface area contributed by atoms with Crippen LogP contribution in [0.4, 0.5) is 0 Å². The summed E-state index contributed by atoms with van der Waals surface area (Å²) in [5.41, 5.74) is 0. The third-order valence-corrected chi connectivity index (χ3v) is 2.93. The first-order chi connectivity index (χ1) is 5.59. The maximum atomic E-state index is 10.2. The molecule has 0 aromatic carbocycles. The van der Waals surface area contributed by atoms with Crippen molar-refractivity contribution in [2.45, 2.75) is 13.0 Å². The normalized spacial score (nSPS) is 10.2. The van der Waals surface area contributed by atoms with Crippen LogP contribution in [0.5, 0.6) is 0 Å². The van der Waals surface area contributed by atoms with Crippen LogP contribution in [0, 0.1) is 0 Å². The van der Waals surface area contributed by atoms with Gasteiger partial charge in [-0.2, -0.15) is 5.10 Å². The van der Waals surface area contributed by atoms with Crippen molar-refractivity contribution >= 4 is 37.8 Å². The molecule has 1 rings (SSSR count). The van der Waals surface area contributed by atoms with Crippen molar-refractivity contribution in [3.05, 3.63) is 15.3 Å². The minimum atomic E-state index is -0.822. The number of nitrogens with zero attached hydrogens (tertiary/aromatic N) is 2. The summed E-state index contributed by atoms with van der Waals surface area (Å²) in [5, 5.41) is 12.4. The van der Waals surface area contributed by atoms with Gasteiger partial charge in [0.1, 0.15) is 4.60 Å². The van der Waals surface area contributed by atoms with Crippen LogP contribution < -0.4 is 0 Å². The first-order valence-corrected chi connectivity index (χ1v) is 4.78. The molecule has 0 bridgehead atoms. The van der Waals surface area contributed by atoms with Gasteiger partial charge in [0.2, 0.25) is 0 Å². The second kappa shape index (κ2) is 4.04. The van der Waals surface area contributed by atoms with E-state index in [0.717, 1.165) is 4.47 Å². The Kier molecular flexibility index (Phi) is 3.28. The molecule has 1 heterocycles. The number of hydrogen-bond acceptors (Lipinski definition) is 2. The largest absolute Gasteiger partial charge is 0.481 e. The maximum absolute atomic E-state index is 10.2. The van der Waals surface area contributed by atoms with Crippen LogP contribution in [-0.2, 0) is 11.3 Å². The Morgan fingerprint density at radius 2 is 2.33 bits per heavy atom. The first-order valence-electron chi connectivity index (χ1n) is 3.20. The van der Waals surface area contributed by atoms with E-state index in [2.05, 4.69) is 37.0 Å². The highest BCUT2D eigenvalue weighted by Crippen LogP contribution is 2.20. The van der Waals surface area contributed by atoms with Gasteiger partial charge in [-0.25, -0.2) is 0 Å². The highest BCUT2D eigenvalue weighted by molar-refractivity contribution is 9.13. The zero-order valence-electron chi connectivity index (χ0n) is 6.00. The van der Waals surface area contributed by atoms with Crippen LogP contribution in [0.15, 0.2) is 15.3 Å². The summed E-state index contributed by atoms with van der Waals surface area (Å²) < 4.78 is 3.09. The minimum Gasteiger partial charge on any atom is -0.481 e. The molecular formula is C6H6Br2N2O2. The lowest BCUT2D eigenvalue weighted by Crippen LogP contribution is -2.04. The van der Waals surface area contributed by atoms with Crippen molar-refractivity contribution in [3.8, 4) is 0 Å².